The molecule has 0 aliphatic carbocycles. The Hall–Kier alpha value is -1.40. The van der Waals surface area contributed by atoms with Crippen LogP contribution in [0.25, 0.3) is 0 Å². The van der Waals surface area contributed by atoms with Crippen LogP contribution in [0.5, 0.6) is 0 Å². The Morgan fingerprint density at radius 2 is 2.11 bits per heavy atom. The highest BCUT2D eigenvalue weighted by Gasteiger charge is 2.13. The van der Waals surface area contributed by atoms with Gasteiger partial charge in [0.15, 0.2) is 5.13 Å². The predicted octanol–water partition coefficient (Wildman–Crippen LogP) is 3.34. The van der Waals surface area contributed by atoms with E-state index in [0.29, 0.717) is 5.13 Å². The first kappa shape index (κ1) is 13.0. The first-order chi connectivity index (χ1) is 8.65. The second-order valence-corrected chi connectivity index (χ2v) is 5.51. The molecule has 0 bridgehead atoms. The van der Waals surface area contributed by atoms with Crippen molar-refractivity contribution in [1.82, 2.24) is 4.98 Å². The Morgan fingerprint density at radius 1 is 1.39 bits per heavy atom. The summed E-state index contributed by atoms with van der Waals surface area (Å²) in [7, 11) is 0. The summed E-state index contributed by atoms with van der Waals surface area (Å²) >= 11 is 4.77. The average Bonchev–Trinajstić information content (AvgIpc) is 2.85. The van der Waals surface area contributed by atoms with Gasteiger partial charge in [-0.05, 0) is 31.2 Å². The number of carbonyl (C=O) groups excluding carboxylic acids is 1. The maximum Gasteiger partial charge on any atom is 0.248 e. The Morgan fingerprint density at radius 3 is 2.72 bits per heavy atom. The fourth-order valence-corrected chi connectivity index (χ4v) is 2.16. The van der Waals surface area contributed by atoms with Gasteiger partial charge in [0.1, 0.15) is 6.04 Å². The third-order valence-electron chi connectivity index (χ3n) is 2.28. The van der Waals surface area contributed by atoms with E-state index in [1.165, 1.54) is 11.3 Å². The number of thiazole rings is 1. The minimum atomic E-state index is -0.324. The number of carbonyl (C=O) groups is 1. The molecule has 0 saturated carbocycles. The summed E-state index contributed by atoms with van der Waals surface area (Å²) in [4.78, 5) is 15.9. The first-order valence-electron chi connectivity index (χ1n) is 5.37. The lowest BCUT2D eigenvalue weighted by molar-refractivity contribution is -0.116. The van der Waals surface area contributed by atoms with Crippen molar-refractivity contribution in [3.63, 3.8) is 0 Å². The van der Waals surface area contributed by atoms with Gasteiger partial charge in [-0.15, -0.1) is 11.3 Å². The predicted molar refractivity (Wildman–Crippen MR) is 78.0 cm³/mol. The van der Waals surface area contributed by atoms with Gasteiger partial charge in [0, 0.05) is 21.7 Å². The number of nitrogens with zero attached hydrogens (tertiary/aromatic N) is 1. The molecule has 0 fully saturated rings. The van der Waals surface area contributed by atoms with Crippen LogP contribution in [0.1, 0.15) is 6.92 Å². The van der Waals surface area contributed by atoms with Crippen LogP contribution in [0.15, 0.2) is 40.3 Å². The molecule has 6 heteroatoms. The van der Waals surface area contributed by atoms with Gasteiger partial charge in [0.2, 0.25) is 5.91 Å². The highest BCUT2D eigenvalue weighted by Crippen LogP contribution is 2.16. The van der Waals surface area contributed by atoms with E-state index in [-0.39, 0.29) is 11.9 Å². The molecule has 2 rings (SSSR count). The normalized spacial score (nSPS) is 11.9. The minimum Gasteiger partial charge on any atom is -0.374 e. The van der Waals surface area contributed by atoms with Gasteiger partial charge in [0.25, 0.3) is 0 Å². The van der Waals surface area contributed by atoms with Crippen molar-refractivity contribution in [2.75, 3.05) is 10.6 Å². The molecule has 1 aromatic carbocycles. The average molecular weight is 326 g/mol. The van der Waals surface area contributed by atoms with E-state index < -0.39 is 0 Å². The summed E-state index contributed by atoms with van der Waals surface area (Å²) in [6.07, 6.45) is 1.66. The molecule has 4 nitrogen and oxygen atoms in total. The Labute approximate surface area is 118 Å². The number of halogens is 1. The van der Waals surface area contributed by atoms with Crippen molar-refractivity contribution in [3.8, 4) is 0 Å². The van der Waals surface area contributed by atoms with Crippen molar-refractivity contribution in [2.24, 2.45) is 0 Å². The second-order valence-electron chi connectivity index (χ2n) is 3.70. The number of amides is 1. The number of aromatic nitrogens is 1. The highest BCUT2D eigenvalue weighted by atomic mass is 79.9. The summed E-state index contributed by atoms with van der Waals surface area (Å²) < 4.78 is 1.01. The molecule has 1 atom stereocenters. The van der Waals surface area contributed by atoms with E-state index >= 15 is 0 Å². The Bertz CT molecular complexity index is 513. The van der Waals surface area contributed by atoms with Gasteiger partial charge in [-0.1, -0.05) is 15.9 Å². The van der Waals surface area contributed by atoms with E-state index in [1.807, 2.05) is 36.6 Å². The molecule has 0 spiro atoms. The fourth-order valence-electron chi connectivity index (χ4n) is 1.36. The first-order valence-corrected chi connectivity index (χ1v) is 7.05. The molecule has 0 aliphatic rings. The third-order valence-corrected chi connectivity index (χ3v) is 3.50. The van der Waals surface area contributed by atoms with Gasteiger partial charge >= 0.3 is 0 Å². The number of hydrogen-bond donors (Lipinski definition) is 2. The number of benzene rings is 1. The molecule has 1 aromatic heterocycles. The number of anilines is 2. The number of hydrogen-bond acceptors (Lipinski definition) is 4. The lowest BCUT2D eigenvalue weighted by Crippen LogP contribution is -2.31. The largest absolute Gasteiger partial charge is 0.374 e. The monoisotopic (exact) mass is 325 g/mol. The van der Waals surface area contributed by atoms with Crippen LogP contribution >= 0.6 is 27.3 Å². The molecule has 0 unspecified atom stereocenters. The van der Waals surface area contributed by atoms with E-state index in [0.717, 1.165) is 10.2 Å². The van der Waals surface area contributed by atoms with Crippen molar-refractivity contribution in [3.05, 3.63) is 40.3 Å². The van der Waals surface area contributed by atoms with Crippen LogP contribution in [-0.4, -0.2) is 16.9 Å². The van der Waals surface area contributed by atoms with Crippen LogP contribution in [0, 0.1) is 0 Å². The SMILES string of the molecule is C[C@@H](Nc1ccc(Br)cc1)C(=O)Nc1nccs1. The molecule has 0 saturated heterocycles. The summed E-state index contributed by atoms with van der Waals surface area (Å²) in [5, 5.41) is 8.31. The van der Waals surface area contributed by atoms with Crippen molar-refractivity contribution < 1.29 is 4.79 Å². The summed E-state index contributed by atoms with van der Waals surface area (Å²) in [6, 6.07) is 7.35. The van der Waals surface area contributed by atoms with Gasteiger partial charge in [-0.25, -0.2) is 4.98 Å². The lowest BCUT2D eigenvalue weighted by Gasteiger charge is -2.14. The van der Waals surface area contributed by atoms with E-state index in [2.05, 4.69) is 31.5 Å². The van der Waals surface area contributed by atoms with Crippen LogP contribution in [0.3, 0.4) is 0 Å². The maximum absolute atomic E-state index is 11.9. The molecular weight excluding hydrogens is 314 g/mol. The lowest BCUT2D eigenvalue weighted by atomic mass is 10.2. The van der Waals surface area contributed by atoms with Crippen LogP contribution < -0.4 is 10.6 Å². The quantitative estimate of drug-likeness (QED) is 0.906. The van der Waals surface area contributed by atoms with Crippen molar-refractivity contribution in [1.29, 1.82) is 0 Å². The molecule has 0 aliphatic heterocycles. The maximum atomic E-state index is 11.9. The molecule has 18 heavy (non-hydrogen) atoms. The number of nitrogens with one attached hydrogen (secondary N) is 2. The zero-order valence-electron chi connectivity index (χ0n) is 9.68. The molecule has 2 aromatic rings. The van der Waals surface area contributed by atoms with Gasteiger partial charge < -0.3 is 10.6 Å². The zero-order valence-corrected chi connectivity index (χ0v) is 12.1. The molecule has 0 radical (unpaired) electrons. The number of rotatable bonds is 4. The summed E-state index contributed by atoms with van der Waals surface area (Å²) in [5.74, 6) is -0.104. The topological polar surface area (TPSA) is 54.0 Å². The summed E-state index contributed by atoms with van der Waals surface area (Å²) in [5.41, 5.74) is 0.903. The molecule has 2 N–H and O–H groups in total. The summed E-state index contributed by atoms with van der Waals surface area (Å²) in [6.45, 7) is 1.81. The van der Waals surface area contributed by atoms with Gasteiger partial charge in [0.05, 0.1) is 0 Å². The molecule has 94 valence electrons. The van der Waals surface area contributed by atoms with Gasteiger partial charge in [-0.3, -0.25) is 4.79 Å². The minimum absolute atomic E-state index is 0.104. The third kappa shape index (κ3) is 3.54. The second kappa shape index (κ2) is 5.97. The van der Waals surface area contributed by atoms with E-state index in [1.54, 1.807) is 6.20 Å². The molecule has 1 heterocycles. The van der Waals surface area contributed by atoms with E-state index in [9.17, 15) is 4.79 Å². The van der Waals surface area contributed by atoms with Crippen LogP contribution in [0.2, 0.25) is 0 Å². The molecule has 1 amide bonds. The van der Waals surface area contributed by atoms with E-state index in [4.69, 9.17) is 0 Å². The Balaban J connectivity index is 1.93. The standard InChI is InChI=1S/C12H12BrN3OS/c1-8(11(17)16-12-14-6-7-18-12)15-10-4-2-9(13)3-5-10/h2-8,15H,1H3,(H,14,16,17)/t8-/m1/s1. The smallest absolute Gasteiger partial charge is 0.248 e. The zero-order chi connectivity index (χ0) is 13.0. The highest BCUT2D eigenvalue weighted by molar-refractivity contribution is 9.10. The Kier molecular flexibility index (Phi) is 4.33. The molecular formula is C12H12BrN3OS. The van der Waals surface area contributed by atoms with Crippen LogP contribution in [-0.2, 0) is 4.79 Å². The van der Waals surface area contributed by atoms with Crippen molar-refractivity contribution in [2.45, 2.75) is 13.0 Å². The fraction of sp³-hybridized carbons (Fsp3) is 0.167. The van der Waals surface area contributed by atoms with Gasteiger partial charge in [-0.2, -0.15) is 0 Å². The van der Waals surface area contributed by atoms with Crippen LogP contribution in [0.4, 0.5) is 10.8 Å². The van der Waals surface area contributed by atoms with Crippen molar-refractivity contribution >= 4 is 44.0 Å².